The molecule has 0 amide bonds. The quantitative estimate of drug-likeness (QED) is 0.468. The highest BCUT2D eigenvalue weighted by molar-refractivity contribution is 7.09. The van der Waals surface area contributed by atoms with E-state index in [1.807, 2.05) is 23.6 Å². The summed E-state index contributed by atoms with van der Waals surface area (Å²) in [5, 5.41) is 14.1. The summed E-state index contributed by atoms with van der Waals surface area (Å²) in [6, 6.07) is 14.6. The predicted octanol–water partition coefficient (Wildman–Crippen LogP) is 4.23. The molecule has 3 rings (SSSR count). The summed E-state index contributed by atoms with van der Waals surface area (Å²) >= 11 is 1.55. The van der Waals surface area contributed by atoms with E-state index in [2.05, 4.69) is 17.1 Å². The largest absolute Gasteiger partial charge is 0.496 e. The van der Waals surface area contributed by atoms with Crippen LogP contribution >= 0.6 is 11.3 Å². The van der Waals surface area contributed by atoms with Crippen LogP contribution in [0.15, 0.2) is 53.9 Å². The Kier molecular flexibility index (Phi) is 5.25. The molecule has 0 N–H and O–H groups in total. The van der Waals surface area contributed by atoms with Crippen molar-refractivity contribution in [3.63, 3.8) is 0 Å². The standard InChI is InChI=1S/C18H16N2O4S/c1-23-15-7-8-17(16(10-15)20(21)22)24-11-14-12-25-18(19-14)9-13-5-3-2-4-6-13/h2-8,10,12H,9,11H2,1H3. The van der Waals surface area contributed by atoms with Crippen molar-refractivity contribution in [3.8, 4) is 11.5 Å². The average Bonchev–Trinajstić information content (AvgIpc) is 3.08. The highest BCUT2D eigenvalue weighted by Gasteiger charge is 2.17. The number of aromatic nitrogens is 1. The molecule has 128 valence electrons. The minimum atomic E-state index is -0.486. The monoisotopic (exact) mass is 356 g/mol. The van der Waals surface area contributed by atoms with E-state index in [0.29, 0.717) is 5.75 Å². The van der Waals surface area contributed by atoms with E-state index in [9.17, 15) is 10.1 Å². The summed E-state index contributed by atoms with van der Waals surface area (Å²) in [6.45, 7) is 0.179. The van der Waals surface area contributed by atoms with Crippen LogP contribution in [0.1, 0.15) is 16.3 Å². The molecule has 2 aromatic carbocycles. The first kappa shape index (κ1) is 16.9. The SMILES string of the molecule is COc1ccc(OCc2csc(Cc3ccccc3)n2)c([N+](=O)[O-])c1. The number of nitrogens with zero attached hydrogens (tertiary/aromatic N) is 2. The Labute approximate surface area is 148 Å². The number of rotatable bonds is 7. The van der Waals surface area contributed by atoms with Gasteiger partial charge >= 0.3 is 5.69 Å². The average molecular weight is 356 g/mol. The van der Waals surface area contributed by atoms with Crippen molar-refractivity contribution in [3.05, 3.63) is 80.3 Å². The molecule has 1 aromatic heterocycles. The molecule has 6 nitrogen and oxygen atoms in total. The fourth-order valence-electron chi connectivity index (χ4n) is 2.31. The molecule has 7 heteroatoms. The van der Waals surface area contributed by atoms with Gasteiger partial charge in [-0.15, -0.1) is 11.3 Å². The Morgan fingerprint density at radius 3 is 2.72 bits per heavy atom. The van der Waals surface area contributed by atoms with E-state index in [0.717, 1.165) is 17.1 Å². The van der Waals surface area contributed by atoms with Crippen molar-refractivity contribution in [2.24, 2.45) is 0 Å². The summed E-state index contributed by atoms with van der Waals surface area (Å²) < 4.78 is 10.6. The molecule has 0 bridgehead atoms. The minimum absolute atomic E-state index is 0.126. The number of thiazole rings is 1. The molecule has 0 unspecified atom stereocenters. The molecule has 0 radical (unpaired) electrons. The van der Waals surface area contributed by atoms with Crippen LogP contribution in [-0.4, -0.2) is 17.0 Å². The van der Waals surface area contributed by atoms with Crippen LogP contribution in [0.5, 0.6) is 11.5 Å². The van der Waals surface area contributed by atoms with Gasteiger partial charge in [0.25, 0.3) is 0 Å². The second-order valence-corrected chi connectivity index (χ2v) is 6.22. The normalized spacial score (nSPS) is 10.4. The predicted molar refractivity (Wildman–Crippen MR) is 95.3 cm³/mol. The van der Waals surface area contributed by atoms with Gasteiger partial charge in [0.1, 0.15) is 12.4 Å². The fraction of sp³-hybridized carbons (Fsp3) is 0.167. The lowest BCUT2D eigenvalue weighted by atomic mass is 10.2. The van der Waals surface area contributed by atoms with Crippen molar-refractivity contribution < 1.29 is 14.4 Å². The summed E-state index contributed by atoms with van der Waals surface area (Å²) in [7, 11) is 1.46. The van der Waals surface area contributed by atoms with Crippen molar-refractivity contribution in [1.82, 2.24) is 4.98 Å². The third-order valence-corrected chi connectivity index (χ3v) is 4.43. The molecule has 0 spiro atoms. The van der Waals surface area contributed by atoms with E-state index in [-0.39, 0.29) is 18.0 Å². The zero-order valence-corrected chi connectivity index (χ0v) is 14.4. The van der Waals surface area contributed by atoms with Crippen LogP contribution in [0.2, 0.25) is 0 Å². The lowest BCUT2D eigenvalue weighted by Crippen LogP contribution is -2.00. The van der Waals surface area contributed by atoms with Crippen LogP contribution in [-0.2, 0) is 13.0 Å². The van der Waals surface area contributed by atoms with E-state index >= 15 is 0 Å². The number of nitro benzene ring substituents is 1. The number of ether oxygens (including phenoxy) is 2. The highest BCUT2D eigenvalue weighted by atomic mass is 32.1. The molecule has 0 aliphatic carbocycles. The Morgan fingerprint density at radius 2 is 2.00 bits per heavy atom. The topological polar surface area (TPSA) is 74.5 Å². The first-order chi connectivity index (χ1) is 12.2. The van der Waals surface area contributed by atoms with Crippen molar-refractivity contribution in [1.29, 1.82) is 0 Å². The molecule has 0 saturated carbocycles. The van der Waals surface area contributed by atoms with E-state index in [4.69, 9.17) is 9.47 Å². The van der Waals surface area contributed by atoms with Gasteiger partial charge in [-0.1, -0.05) is 30.3 Å². The van der Waals surface area contributed by atoms with Crippen molar-refractivity contribution >= 4 is 17.0 Å². The molecule has 0 saturated heterocycles. The molecule has 1 heterocycles. The smallest absolute Gasteiger partial charge is 0.314 e. The Morgan fingerprint density at radius 1 is 1.20 bits per heavy atom. The van der Waals surface area contributed by atoms with Gasteiger partial charge in [-0.25, -0.2) is 4.98 Å². The van der Waals surface area contributed by atoms with Gasteiger partial charge in [0, 0.05) is 11.8 Å². The number of nitro groups is 1. The fourth-order valence-corrected chi connectivity index (χ4v) is 3.12. The Hall–Kier alpha value is -2.93. The van der Waals surface area contributed by atoms with E-state index < -0.39 is 4.92 Å². The number of methoxy groups -OCH3 is 1. The molecular formula is C18H16N2O4S. The Balaban J connectivity index is 1.67. The van der Waals surface area contributed by atoms with Crippen LogP contribution < -0.4 is 9.47 Å². The maximum atomic E-state index is 11.2. The van der Waals surface area contributed by atoms with Gasteiger partial charge in [0.05, 0.1) is 28.8 Å². The van der Waals surface area contributed by atoms with Crippen LogP contribution in [0.4, 0.5) is 5.69 Å². The van der Waals surface area contributed by atoms with Gasteiger partial charge < -0.3 is 9.47 Å². The van der Waals surface area contributed by atoms with E-state index in [1.54, 1.807) is 17.4 Å². The minimum Gasteiger partial charge on any atom is -0.496 e. The molecule has 0 aliphatic heterocycles. The molecule has 25 heavy (non-hydrogen) atoms. The molecule has 0 aliphatic rings. The van der Waals surface area contributed by atoms with Gasteiger partial charge in [-0.05, 0) is 17.7 Å². The lowest BCUT2D eigenvalue weighted by molar-refractivity contribution is -0.386. The van der Waals surface area contributed by atoms with Gasteiger partial charge in [-0.3, -0.25) is 10.1 Å². The van der Waals surface area contributed by atoms with Crippen LogP contribution in [0, 0.1) is 10.1 Å². The first-order valence-electron chi connectivity index (χ1n) is 7.58. The first-order valence-corrected chi connectivity index (χ1v) is 8.46. The second kappa shape index (κ2) is 7.76. The third-order valence-electron chi connectivity index (χ3n) is 3.54. The van der Waals surface area contributed by atoms with Gasteiger partial charge in [0.15, 0.2) is 5.75 Å². The molecule has 0 fully saturated rings. The Bertz CT molecular complexity index is 865. The number of hydrogen-bond donors (Lipinski definition) is 0. The lowest BCUT2D eigenvalue weighted by Gasteiger charge is -2.06. The summed E-state index contributed by atoms with van der Waals surface area (Å²) in [4.78, 5) is 15.2. The van der Waals surface area contributed by atoms with Crippen molar-refractivity contribution in [2.45, 2.75) is 13.0 Å². The van der Waals surface area contributed by atoms with Crippen LogP contribution in [0.25, 0.3) is 0 Å². The summed E-state index contributed by atoms with van der Waals surface area (Å²) in [6.07, 6.45) is 0.758. The maximum Gasteiger partial charge on any atom is 0.314 e. The van der Waals surface area contributed by atoms with Crippen LogP contribution in [0.3, 0.4) is 0 Å². The van der Waals surface area contributed by atoms with E-state index in [1.165, 1.54) is 24.8 Å². The maximum absolute atomic E-state index is 11.2. The number of hydrogen-bond acceptors (Lipinski definition) is 6. The summed E-state index contributed by atoms with van der Waals surface area (Å²) in [5.41, 5.74) is 1.82. The molecule has 3 aromatic rings. The summed E-state index contributed by atoms with van der Waals surface area (Å²) in [5.74, 6) is 0.612. The van der Waals surface area contributed by atoms with Gasteiger partial charge in [0.2, 0.25) is 0 Å². The highest BCUT2D eigenvalue weighted by Crippen LogP contribution is 2.31. The molecule has 0 atom stereocenters. The third kappa shape index (κ3) is 4.33. The number of benzene rings is 2. The second-order valence-electron chi connectivity index (χ2n) is 5.27. The van der Waals surface area contributed by atoms with Crippen molar-refractivity contribution in [2.75, 3.05) is 7.11 Å². The zero-order chi connectivity index (χ0) is 17.6. The zero-order valence-electron chi connectivity index (χ0n) is 13.5. The van der Waals surface area contributed by atoms with Gasteiger partial charge in [-0.2, -0.15) is 0 Å². The molecular weight excluding hydrogens is 340 g/mol.